The van der Waals surface area contributed by atoms with E-state index in [9.17, 15) is 13.2 Å². The molecule has 0 aliphatic rings. The van der Waals surface area contributed by atoms with Gasteiger partial charge in [0.2, 0.25) is 15.9 Å². The van der Waals surface area contributed by atoms with Gasteiger partial charge in [-0.15, -0.1) is 0 Å². The second-order valence-corrected chi connectivity index (χ2v) is 6.30. The third-order valence-corrected chi connectivity index (χ3v) is 3.75. The second-order valence-electron chi connectivity index (χ2n) is 4.31. The number of carbonyl (C=O) groups excluding carboxylic acids is 1. The second kappa shape index (κ2) is 7.30. The first kappa shape index (κ1) is 15.7. The van der Waals surface area contributed by atoms with E-state index in [0.29, 0.717) is 12.3 Å². The van der Waals surface area contributed by atoms with Crippen LogP contribution in [0.5, 0.6) is 0 Å². The third kappa shape index (κ3) is 5.89. The van der Waals surface area contributed by atoms with Crippen molar-refractivity contribution in [1.29, 1.82) is 0 Å². The predicted molar refractivity (Wildman–Crippen MR) is 71.9 cm³/mol. The minimum absolute atomic E-state index is 0.0625. The van der Waals surface area contributed by atoms with Gasteiger partial charge in [0, 0.05) is 6.54 Å². The fourth-order valence-corrected chi connectivity index (χ4v) is 2.20. The molecule has 0 saturated carbocycles. The molecule has 1 aromatic rings. The molecule has 0 bridgehead atoms. The molecule has 1 aromatic heterocycles. The molecule has 1 heterocycles. The SMILES string of the molecule is CCCCNC(=O)CN(Cc1ccco1)S(C)(=O)=O. The molecular formula is C12H20N2O4S. The molecule has 0 spiro atoms. The average molecular weight is 288 g/mol. The molecule has 19 heavy (non-hydrogen) atoms. The van der Waals surface area contributed by atoms with E-state index >= 15 is 0 Å². The maximum Gasteiger partial charge on any atom is 0.235 e. The summed E-state index contributed by atoms with van der Waals surface area (Å²) >= 11 is 0. The molecule has 1 rings (SSSR count). The number of nitrogens with zero attached hydrogens (tertiary/aromatic N) is 1. The maximum absolute atomic E-state index is 11.7. The zero-order valence-electron chi connectivity index (χ0n) is 11.3. The van der Waals surface area contributed by atoms with Gasteiger partial charge in [0.25, 0.3) is 0 Å². The van der Waals surface area contributed by atoms with Crippen molar-refractivity contribution < 1.29 is 17.6 Å². The van der Waals surface area contributed by atoms with Crippen LogP contribution in [0.15, 0.2) is 22.8 Å². The van der Waals surface area contributed by atoms with E-state index in [4.69, 9.17) is 4.42 Å². The minimum atomic E-state index is -3.45. The molecule has 0 aromatic carbocycles. The van der Waals surface area contributed by atoms with Crippen LogP contribution >= 0.6 is 0 Å². The van der Waals surface area contributed by atoms with Crippen LogP contribution < -0.4 is 5.32 Å². The number of sulfonamides is 1. The van der Waals surface area contributed by atoms with Crippen molar-refractivity contribution in [3.05, 3.63) is 24.2 Å². The van der Waals surface area contributed by atoms with E-state index in [1.54, 1.807) is 12.1 Å². The van der Waals surface area contributed by atoms with Crippen LogP contribution in [0.3, 0.4) is 0 Å². The Bertz CT molecular complexity index is 482. The lowest BCUT2D eigenvalue weighted by Gasteiger charge is -2.18. The molecule has 0 aliphatic carbocycles. The van der Waals surface area contributed by atoms with Crippen LogP contribution in [0.25, 0.3) is 0 Å². The molecule has 0 aliphatic heterocycles. The van der Waals surface area contributed by atoms with Gasteiger partial charge in [-0.2, -0.15) is 4.31 Å². The molecule has 6 nitrogen and oxygen atoms in total. The Hall–Kier alpha value is -1.34. The highest BCUT2D eigenvalue weighted by Crippen LogP contribution is 2.08. The van der Waals surface area contributed by atoms with Crippen molar-refractivity contribution in [3.8, 4) is 0 Å². The smallest absolute Gasteiger partial charge is 0.235 e. The van der Waals surface area contributed by atoms with Gasteiger partial charge in [-0.05, 0) is 18.6 Å². The molecule has 0 saturated heterocycles. The predicted octanol–water partition coefficient (Wildman–Crippen LogP) is 0.957. The fourth-order valence-electron chi connectivity index (χ4n) is 1.49. The van der Waals surface area contributed by atoms with Gasteiger partial charge in [-0.25, -0.2) is 8.42 Å². The fraction of sp³-hybridized carbons (Fsp3) is 0.583. The van der Waals surface area contributed by atoms with E-state index in [1.807, 2.05) is 6.92 Å². The topological polar surface area (TPSA) is 79.6 Å². The van der Waals surface area contributed by atoms with E-state index in [1.165, 1.54) is 6.26 Å². The summed E-state index contributed by atoms with van der Waals surface area (Å²) in [6.07, 6.45) is 4.40. The zero-order chi connectivity index (χ0) is 14.3. The molecule has 7 heteroatoms. The van der Waals surface area contributed by atoms with Gasteiger partial charge in [0.05, 0.1) is 25.6 Å². The average Bonchev–Trinajstić information content (AvgIpc) is 2.80. The number of hydrogen-bond donors (Lipinski definition) is 1. The third-order valence-electron chi connectivity index (χ3n) is 2.55. The Morgan fingerprint density at radius 2 is 2.21 bits per heavy atom. The monoisotopic (exact) mass is 288 g/mol. The lowest BCUT2D eigenvalue weighted by atomic mass is 10.3. The largest absolute Gasteiger partial charge is 0.468 e. The number of carbonyl (C=O) groups is 1. The van der Waals surface area contributed by atoms with Crippen molar-refractivity contribution in [2.24, 2.45) is 0 Å². The summed E-state index contributed by atoms with van der Waals surface area (Å²) in [7, 11) is -3.45. The standard InChI is InChI=1S/C12H20N2O4S/c1-3-4-7-13-12(15)10-14(19(2,16)17)9-11-6-5-8-18-11/h5-6,8H,3-4,7,9-10H2,1-2H3,(H,13,15). The van der Waals surface area contributed by atoms with Gasteiger partial charge in [-0.3, -0.25) is 4.79 Å². The Kier molecular flexibility index (Phi) is 6.04. The lowest BCUT2D eigenvalue weighted by molar-refractivity contribution is -0.121. The van der Waals surface area contributed by atoms with E-state index in [2.05, 4.69) is 5.32 Å². The lowest BCUT2D eigenvalue weighted by Crippen LogP contribution is -2.40. The van der Waals surface area contributed by atoms with Gasteiger partial charge < -0.3 is 9.73 Å². The summed E-state index contributed by atoms with van der Waals surface area (Å²) in [5.74, 6) is 0.206. The van der Waals surface area contributed by atoms with Crippen molar-refractivity contribution in [1.82, 2.24) is 9.62 Å². The summed E-state index contributed by atoms with van der Waals surface area (Å²) < 4.78 is 29.4. The summed E-state index contributed by atoms with van der Waals surface area (Å²) in [5.41, 5.74) is 0. The van der Waals surface area contributed by atoms with Crippen molar-refractivity contribution in [2.45, 2.75) is 26.3 Å². The van der Waals surface area contributed by atoms with Crippen LogP contribution in [-0.4, -0.2) is 38.0 Å². The number of furan rings is 1. The summed E-state index contributed by atoms with van der Waals surface area (Å²) in [4.78, 5) is 11.7. The number of hydrogen-bond acceptors (Lipinski definition) is 4. The van der Waals surface area contributed by atoms with Crippen LogP contribution in [0.1, 0.15) is 25.5 Å². The van der Waals surface area contributed by atoms with E-state index in [-0.39, 0.29) is 19.0 Å². The quantitative estimate of drug-likeness (QED) is 0.722. The molecule has 0 unspecified atom stereocenters. The Labute approximate surface area is 113 Å². The first-order valence-corrected chi connectivity index (χ1v) is 8.02. The van der Waals surface area contributed by atoms with E-state index < -0.39 is 10.0 Å². The minimum Gasteiger partial charge on any atom is -0.468 e. The van der Waals surface area contributed by atoms with Crippen molar-refractivity contribution in [3.63, 3.8) is 0 Å². The highest BCUT2D eigenvalue weighted by atomic mass is 32.2. The Morgan fingerprint density at radius 3 is 2.74 bits per heavy atom. The molecule has 0 atom stereocenters. The first-order valence-electron chi connectivity index (χ1n) is 6.17. The number of rotatable bonds is 8. The van der Waals surface area contributed by atoms with Gasteiger partial charge in [0.1, 0.15) is 5.76 Å². The summed E-state index contributed by atoms with van der Waals surface area (Å²) in [5, 5.41) is 2.69. The number of unbranched alkanes of at least 4 members (excludes halogenated alkanes) is 1. The highest BCUT2D eigenvalue weighted by Gasteiger charge is 2.21. The van der Waals surface area contributed by atoms with Crippen molar-refractivity contribution in [2.75, 3.05) is 19.3 Å². The Balaban J connectivity index is 2.58. The van der Waals surface area contributed by atoms with Crippen LogP contribution in [0.4, 0.5) is 0 Å². The first-order chi connectivity index (χ1) is 8.93. The maximum atomic E-state index is 11.7. The molecule has 108 valence electrons. The number of nitrogens with one attached hydrogen (secondary N) is 1. The van der Waals surface area contributed by atoms with Crippen LogP contribution in [0.2, 0.25) is 0 Å². The molecular weight excluding hydrogens is 268 g/mol. The number of amides is 1. The van der Waals surface area contributed by atoms with Crippen molar-refractivity contribution >= 4 is 15.9 Å². The highest BCUT2D eigenvalue weighted by molar-refractivity contribution is 7.88. The van der Waals surface area contributed by atoms with Crippen LogP contribution in [-0.2, 0) is 21.4 Å². The van der Waals surface area contributed by atoms with Gasteiger partial charge in [0.15, 0.2) is 0 Å². The molecule has 1 N–H and O–H groups in total. The normalized spacial score (nSPS) is 11.7. The van der Waals surface area contributed by atoms with Gasteiger partial charge >= 0.3 is 0 Å². The zero-order valence-corrected chi connectivity index (χ0v) is 12.1. The summed E-state index contributed by atoms with van der Waals surface area (Å²) in [6, 6.07) is 3.35. The van der Waals surface area contributed by atoms with Crippen LogP contribution in [0, 0.1) is 0 Å². The summed E-state index contributed by atoms with van der Waals surface area (Å²) in [6.45, 7) is 2.45. The Morgan fingerprint density at radius 1 is 1.47 bits per heavy atom. The molecule has 1 amide bonds. The molecule has 0 radical (unpaired) electrons. The van der Waals surface area contributed by atoms with Gasteiger partial charge in [-0.1, -0.05) is 13.3 Å². The van der Waals surface area contributed by atoms with E-state index in [0.717, 1.165) is 23.4 Å². The molecule has 0 fully saturated rings.